The molecule has 3 rings (SSSR count). The third-order valence-electron chi connectivity index (χ3n) is 3.76. The van der Waals surface area contributed by atoms with Crippen molar-refractivity contribution in [3.63, 3.8) is 0 Å². The quantitative estimate of drug-likeness (QED) is 0.911. The monoisotopic (exact) mass is 286 g/mol. The highest BCUT2D eigenvalue weighted by Gasteiger charge is 2.12. The van der Waals surface area contributed by atoms with Gasteiger partial charge in [-0.1, -0.05) is 18.2 Å². The molecule has 112 valence electrons. The number of hydrogen-bond donors (Lipinski definition) is 1. The molecule has 0 amide bonds. The summed E-state index contributed by atoms with van der Waals surface area (Å²) in [5.74, 6) is 0. The van der Waals surface area contributed by atoms with Gasteiger partial charge in [0.15, 0.2) is 0 Å². The summed E-state index contributed by atoms with van der Waals surface area (Å²) in [6.45, 7) is 5.47. The molecule has 0 spiro atoms. The van der Waals surface area contributed by atoms with Crippen molar-refractivity contribution in [2.75, 3.05) is 31.6 Å². The van der Waals surface area contributed by atoms with Crippen LogP contribution in [0.4, 0.5) is 5.69 Å². The Kier molecular flexibility index (Phi) is 4.52. The first-order valence-electron chi connectivity index (χ1n) is 7.41. The van der Waals surface area contributed by atoms with Gasteiger partial charge in [-0.2, -0.15) is 5.10 Å². The van der Waals surface area contributed by atoms with Crippen LogP contribution in [-0.2, 0) is 24.9 Å². The Balaban J connectivity index is 1.64. The summed E-state index contributed by atoms with van der Waals surface area (Å²) in [7, 11) is 1.94. The molecule has 2 heterocycles. The standard InChI is InChI=1S/C16H22N4O/c1-19-12-14(11-18-19)10-17-16-5-3-2-4-15(16)13-20-6-8-21-9-7-20/h2-5,11-12,17H,6-10,13H2,1H3. The molecule has 0 radical (unpaired) electrons. The van der Waals surface area contributed by atoms with Crippen molar-refractivity contribution in [3.8, 4) is 0 Å². The van der Waals surface area contributed by atoms with Gasteiger partial charge in [0.05, 0.1) is 19.4 Å². The minimum Gasteiger partial charge on any atom is -0.381 e. The van der Waals surface area contributed by atoms with Gasteiger partial charge in [-0.25, -0.2) is 0 Å². The minimum atomic E-state index is 0.800. The summed E-state index contributed by atoms with van der Waals surface area (Å²) < 4.78 is 7.24. The summed E-state index contributed by atoms with van der Waals surface area (Å²) in [6, 6.07) is 8.52. The Hall–Kier alpha value is -1.85. The number of hydrogen-bond acceptors (Lipinski definition) is 4. The molecule has 21 heavy (non-hydrogen) atoms. The molecule has 2 aromatic rings. The second kappa shape index (κ2) is 6.74. The topological polar surface area (TPSA) is 42.3 Å². The van der Waals surface area contributed by atoms with E-state index in [0.29, 0.717) is 0 Å². The van der Waals surface area contributed by atoms with E-state index in [4.69, 9.17) is 4.74 Å². The number of benzene rings is 1. The number of ether oxygens (including phenoxy) is 1. The number of rotatable bonds is 5. The Morgan fingerprint density at radius 1 is 1.24 bits per heavy atom. The maximum Gasteiger partial charge on any atom is 0.0594 e. The molecule has 5 nitrogen and oxygen atoms in total. The number of para-hydroxylation sites is 1. The molecule has 1 saturated heterocycles. The van der Waals surface area contributed by atoms with Crippen molar-refractivity contribution >= 4 is 5.69 Å². The molecule has 1 aromatic carbocycles. The molecule has 0 atom stereocenters. The van der Waals surface area contributed by atoms with E-state index in [-0.39, 0.29) is 0 Å². The van der Waals surface area contributed by atoms with E-state index in [9.17, 15) is 0 Å². The van der Waals surface area contributed by atoms with Crippen LogP contribution in [0.1, 0.15) is 11.1 Å². The van der Waals surface area contributed by atoms with E-state index >= 15 is 0 Å². The van der Waals surface area contributed by atoms with Crippen LogP contribution in [0, 0.1) is 0 Å². The van der Waals surface area contributed by atoms with Gasteiger partial charge in [0.25, 0.3) is 0 Å². The van der Waals surface area contributed by atoms with Crippen LogP contribution in [0.5, 0.6) is 0 Å². The molecular weight excluding hydrogens is 264 g/mol. The van der Waals surface area contributed by atoms with Gasteiger partial charge in [0.1, 0.15) is 0 Å². The minimum absolute atomic E-state index is 0.800. The third-order valence-corrected chi connectivity index (χ3v) is 3.76. The smallest absolute Gasteiger partial charge is 0.0594 e. The highest BCUT2D eigenvalue weighted by Crippen LogP contribution is 2.18. The molecule has 1 aliphatic rings. The third kappa shape index (κ3) is 3.83. The van der Waals surface area contributed by atoms with Crippen LogP contribution in [0.25, 0.3) is 0 Å². The lowest BCUT2D eigenvalue weighted by atomic mass is 10.1. The average Bonchev–Trinajstić information content (AvgIpc) is 2.93. The maximum atomic E-state index is 5.41. The summed E-state index contributed by atoms with van der Waals surface area (Å²) in [5, 5.41) is 7.72. The van der Waals surface area contributed by atoms with E-state index < -0.39 is 0 Å². The molecule has 1 fully saturated rings. The summed E-state index contributed by atoms with van der Waals surface area (Å²) in [6.07, 6.45) is 3.94. The molecule has 1 aromatic heterocycles. The Morgan fingerprint density at radius 3 is 2.81 bits per heavy atom. The fourth-order valence-corrected chi connectivity index (χ4v) is 2.59. The molecule has 5 heteroatoms. The van der Waals surface area contributed by atoms with E-state index in [1.807, 2.05) is 24.1 Å². The van der Waals surface area contributed by atoms with Crippen LogP contribution in [-0.4, -0.2) is 41.0 Å². The zero-order valence-corrected chi connectivity index (χ0v) is 12.5. The molecule has 1 aliphatic heterocycles. The number of nitrogens with zero attached hydrogens (tertiary/aromatic N) is 3. The lowest BCUT2D eigenvalue weighted by molar-refractivity contribution is 0.0342. The number of nitrogens with one attached hydrogen (secondary N) is 1. The van der Waals surface area contributed by atoms with Gasteiger partial charge in [0.2, 0.25) is 0 Å². The molecular formula is C16H22N4O. The van der Waals surface area contributed by atoms with Crippen LogP contribution in [0.15, 0.2) is 36.7 Å². The van der Waals surface area contributed by atoms with Gasteiger partial charge in [-0.15, -0.1) is 0 Å². The summed E-state index contributed by atoms with van der Waals surface area (Å²) >= 11 is 0. The number of aromatic nitrogens is 2. The molecule has 0 aliphatic carbocycles. The van der Waals surface area contributed by atoms with Crippen molar-refractivity contribution in [2.45, 2.75) is 13.1 Å². The number of aryl methyl sites for hydroxylation is 1. The van der Waals surface area contributed by atoms with Crippen LogP contribution >= 0.6 is 0 Å². The number of morpholine rings is 1. The highest BCUT2D eigenvalue weighted by atomic mass is 16.5. The average molecular weight is 286 g/mol. The second-order valence-electron chi connectivity index (χ2n) is 5.42. The predicted octanol–water partition coefficient (Wildman–Crippen LogP) is 1.86. The van der Waals surface area contributed by atoms with E-state index in [2.05, 4.69) is 39.6 Å². The van der Waals surface area contributed by atoms with Gasteiger partial charge in [0, 0.05) is 50.7 Å². The molecule has 0 bridgehead atoms. The first kappa shape index (κ1) is 14.1. The largest absolute Gasteiger partial charge is 0.381 e. The fourth-order valence-electron chi connectivity index (χ4n) is 2.59. The highest BCUT2D eigenvalue weighted by molar-refractivity contribution is 5.51. The van der Waals surface area contributed by atoms with Crippen molar-refractivity contribution < 1.29 is 4.74 Å². The van der Waals surface area contributed by atoms with E-state index in [1.54, 1.807) is 0 Å². The van der Waals surface area contributed by atoms with Crippen molar-refractivity contribution in [1.29, 1.82) is 0 Å². The second-order valence-corrected chi connectivity index (χ2v) is 5.42. The molecule has 0 saturated carbocycles. The summed E-state index contributed by atoms with van der Waals surface area (Å²) in [4.78, 5) is 2.44. The van der Waals surface area contributed by atoms with Crippen LogP contribution in [0.2, 0.25) is 0 Å². The van der Waals surface area contributed by atoms with Crippen LogP contribution in [0.3, 0.4) is 0 Å². The van der Waals surface area contributed by atoms with Crippen LogP contribution < -0.4 is 5.32 Å². The van der Waals surface area contributed by atoms with Gasteiger partial charge < -0.3 is 10.1 Å². The lowest BCUT2D eigenvalue weighted by Crippen LogP contribution is -2.35. The fraction of sp³-hybridized carbons (Fsp3) is 0.438. The first-order valence-corrected chi connectivity index (χ1v) is 7.41. The van der Waals surface area contributed by atoms with Crippen molar-refractivity contribution in [3.05, 3.63) is 47.8 Å². The predicted molar refractivity (Wildman–Crippen MR) is 83.1 cm³/mol. The van der Waals surface area contributed by atoms with Crippen molar-refractivity contribution in [2.24, 2.45) is 7.05 Å². The Bertz CT molecular complexity index is 575. The summed E-state index contributed by atoms with van der Waals surface area (Å²) in [5.41, 5.74) is 3.73. The number of anilines is 1. The Labute approximate surface area is 125 Å². The SMILES string of the molecule is Cn1cc(CNc2ccccc2CN2CCOCC2)cn1. The van der Waals surface area contributed by atoms with Gasteiger partial charge in [-0.3, -0.25) is 9.58 Å². The van der Waals surface area contributed by atoms with E-state index in [1.165, 1.54) is 16.8 Å². The maximum absolute atomic E-state index is 5.41. The normalized spacial score (nSPS) is 16.0. The molecule has 1 N–H and O–H groups in total. The lowest BCUT2D eigenvalue weighted by Gasteiger charge is -2.27. The zero-order chi connectivity index (χ0) is 14.5. The van der Waals surface area contributed by atoms with E-state index in [0.717, 1.165) is 39.4 Å². The Morgan fingerprint density at radius 2 is 2.05 bits per heavy atom. The zero-order valence-electron chi connectivity index (χ0n) is 12.5. The van der Waals surface area contributed by atoms with Crippen molar-refractivity contribution in [1.82, 2.24) is 14.7 Å². The van der Waals surface area contributed by atoms with Gasteiger partial charge in [-0.05, 0) is 11.6 Å². The molecule has 0 unspecified atom stereocenters. The van der Waals surface area contributed by atoms with Gasteiger partial charge >= 0.3 is 0 Å². The first-order chi connectivity index (χ1) is 10.3.